The molecule has 0 radical (unpaired) electrons. The molecule has 0 N–H and O–H groups in total. The van der Waals surface area contributed by atoms with Crippen molar-refractivity contribution in [1.82, 2.24) is 14.5 Å². The van der Waals surface area contributed by atoms with Crippen LogP contribution < -0.4 is 10.3 Å². The highest BCUT2D eigenvalue weighted by Gasteiger charge is 2.31. The number of aromatic nitrogens is 2. The number of halogens is 1. The summed E-state index contributed by atoms with van der Waals surface area (Å²) in [6.07, 6.45) is 0.576. The molecule has 0 aliphatic heterocycles. The van der Waals surface area contributed by atoms with Crippen molar-refractivity contribution in [2.24, 2.45) is 5.92 Å². The largest absolute Gasteiger partial charge is 0.495 e. The molecule has 0 bridgehead atoms. The van der Waals surface area contributed by atoms with Gasteiger partial charge in [-0.15, -0.1) is 0 Å². The molecule has 7 heteroatoms. The van der Waals surface area contributed by atoms with Gasteiger partial charge in [0, 0.05) is 16.6 Å². The number of ether oxygens (including phenoxy) is 1. The second-order valence-electron chi connectivity index (χ2n) is 9.09. The van der Waals surface area contributed by atoms with E-state index in [4.69, 9.17) is 9.72 Å². The van der Waals surface area contributed by atoms with E-state index in [2.05, 4.69) is 29.8 Å². The summed E-state index contributed by atoms with van der Waals surface area (Å²) < 4.78 is 8.06. The molecular weight excluding hydrogens is 518 g/mol. The Morgan fingerprint density at radius 3 is 2.47 bits per heavy atom. The van der Waals surface area contributed by atoms with Crippen LogP contribution in [0.15, 0.2) is 82.1 Å². The van der Waals surface area contributed by atoms with Crippen LogP contribution in [0, 0.1) is 5.92 Å². The molecule has 1 amide bonds. The third-order valence-electron chi connectivity index (χ3n) is 6.08. The molecule has 36 heavy (non-hydrogen) atoms. The fraction of sp³-hybridized carbons (Fsp3) is 0.276. The van der Waals surface area contributed by atoms with Crippen molar-refractivity contribution in [2.75, 3.05) is 13.7 Å². The maximum absolute atomic E-state index is 13.9. The van der Waals surface area contributed by atoms with Crippen molar-refractivity contribution in [3.8, 4) is 11.4 Å². The van der Waals surface area contributed by atoms with Crippen LogP contribution >= 0.6 is 15.9 Å². The molecular formula is C29H30BrN3O3. The molecule has 0 spiro atoms. The van der Waals surface area contributed by atoms with Crippen LogP contribution in [-0.4, -0.2) is 34.0 Å². The van der Waals surface area contributed by atoms with E-state index in [-0.39, 0.29) is 17.4 Å². The van der Waals surface area contributed by atoms with Gasteiger partial charge in [-0.2, -0.15) is 0 Å². The van der Waals surface area contributed by atoms with Crippen molar-refractivity contribution in [1.29, 1.82) is 0 Å². The summed E-state index contributed by atoms with van der Waals surface area (Å²) in [4.78, 5) is 34.6. The number of nitrogens with zero attached hydrogens (tertiary/aromatic N) is 3. The first kappa shape index (κ1) is 25.6. The number of fused-ring (bicyclic) bond motifs is 1. The number of carbonyl (C=O) groups is 1. The Balaban J connectivity index is 1.99. The van der Waals surface area contributed by atoms with Gasteiger partial charge < -0.3 is 9.64 Å². The molecule has 0 aliphatic rings. The van der Waals surface area contributed by atoms with Crippen molar-refractivity contribution in [2.45, 2.75) is 33.2 Å². The minimum Gasteiger partial charge on any atom is -0.495 e. The number of hydrogen-bond acceptors (Lipinski definition) is 4. The maximum Gasteiger partial charge on any atom is 0.266 e. The van der Waals surface area contributed by atoms with E-state index in [0.717, 1.165) is 4.47 Å². The van der Waals surface area contributed by atoms with E-state index in [9.17, 15) is 9.59 Å². The number of benzene rings is 3. The molecule has 1 aromatic heterocycles. The summed E-state index contributed by atoms with van der Waals surface area (Å²) in [5.74, 6) is 1.17. The van der Waals surface area contributed by atoms with Crippen LogP contribution in [0.5, 0.6) is 5.75 Å². The summed E-state index contributed by atoms with van der Waals surface area (Å²) in [5, 5.41) is 0.510. The van der Waals surface area contributed by atoms with Gasteiger partial charge in [-0.3, -0.25) is 14.2 Å². The Morgan fingerprint density at radius 2 is 1.78 bits per heavy atom. The summed E-state index contributed by atoms with van der Waals surface area (Å²) in [5.41, 5.74) is 1.58. The monoisotopic (exact) mass is 547 g/mol. The maximum atomic E-state index is 13.9. The quantitative estimate of drug-likeness (QED) is 0.256. The minimum absolute atomic E-state index is 0.106. The molecule has 186 valence electrons. The summed E-state index contributed by atoms with van der Waals surface area (Å²) >= 11 is 3.48. The highest BCUT2D eigenvalue weighted by atomic mass is 79.9. The number of amides is 1. The first-order valence-electron chi connectivity index (χ1n) is 12.1. The Hall–Kier alpha value is -3.45. The Labute approximate surface area is 219 Å². The first-order valence-corrected chi connectivity index (χ1v) is 12.9. The highest BCUT2D eigenvalue weighted by Crippen LogP contribution is 2.31. The van der Waals surface area contributed by atoms with Gasteiger partial charge in [0.1, 0.15) is 11.6 Å². The number of rotatable bonds is 8. The van der Waals surface area contributed by atoms with Crippen LogP contribution in [0.3, 0.4) is 0 Å². The predicted octanol–water partition coefficient (Wildman–Crippen LogP) is 6.41. The van der Waals surface area contributed by atoms with Crippen LogP contribution in [-0.2, 0) is 0 Å². The first-order chi connectivity index (χ1) is 17.3. The molecule has 0 fully saturated rings. The van der Waals surface area contributed by atoms with Gasteiger partial charge in [0.15, 0.2) is 0 Å². The lowest BCUT2D eigenvalue weighted by molar-refractivity contribution is 0.0631. The molecule has 1 atom stereocenters. The average molecular weight is 548 g/mol. The standard InChI is InChI=1S/C29H30BrN3O3/c1-5-24(32(18-19(2)3)28(34)20-11-10-12-21(30)17-20)27-31-23-14-7-6-13-22(23)29(35)33(27)25-15-8-9-16-26(25)36-4/h6-17,19,24H,5,18H2,1-4H3. The average Bonchev–Trinajstić information content (AvgIpc) is 2.88. The SMILES string of the molecule is CCC(c1nc2ccccc2c(=O)n1-c1ccccc1OC)N(CC(C)C)C(=O)c1cccc(Br)c1. The van der Waals surface area contributed by atoms with Gasteiger partial charge in [-0.1, -0.05) is 67.0 Å². The predicted molar refractivity (Wildman–Crippen MR) is 147 cm³/mol. The van der Waals surface area contributed by atoms with Crippen LogP contribution in [0.1, 0.15) is 49.4 Å². The Bertz CT molecular complexity index is 1450. The van der Waals surface area contributed by atoms with Gasteiger partial charge in [-0.25, -0.2) is 4.98 Å². The Kier molecular flexibility index (Phi) is 7.89. The van der Waals surface area contributed by atoms with Gasteiger partial charge in [0.25, 0.3) is 11.5 Å². The zero-order valence-electron chi connectivity index (χ0n) is 20.9. The highest BCUT2D eigenvalue weighted by molar-refractivity contribution is 9.10. The molecule has 0 saturated carbocycles. The molecule has 0 aliphatic carbocycles. The zero-order valence-corrected chi connectivity index (χ0v) is 22.5. The summed E-state index contributed by atoms with van der Waals surface area (Å²) in [7, 11) is 1.58. The van der Waals surface area contributed by atoms with Crippen molar-refractivity contribution >= 4 is 32.7 Å². The molecule has 4 rings (SSSR count). The van der Waals surface area contributed by atoms with E-state index in [1.54, 1.807) is 17.7 Å². The lowest BCUT2D eigenvalue weighted by atomic mass is 10.1. The van der Waals surface area contributed by atoms with E-state index < -0.39 is 6.04 Å². The molecule has 1 unspecified atom stereocenters. The number of para-hydroxylation sites is 3. The third kappa shape index (κ3) is 5.07. The topological polar surface area (TPSA) is 64.4 Å². The van der Waals surface area contributed by atoms with Gasteiger partial charge in [-0.05, 0) is 54.8 Å². The lowest BCUT2D eigenvalue weighted by Crippen LogP contribution is -2.40. The van der Waals surface area contributed by atoms with E-state index in [1.165, 1.54) is 0 Å². The van der Waals surface area contributed by atoms with Crippen LogP contribution in [0.25, 0.3) is 16.6 Å². The van der Waals surface area contributed by atoms with E-state index >= 15 is 0 Å². The smallest absolute Gasteiger partial charge is 0.266 e. The summed E-state index contributed by atoms with van der Waals surface area (Å²) in [6.45, 7) is 6.68. The molecule has 6 nitrogen and oxygen atoms in total. The fourth-order valence-electron chi connectivity index (χ4n) is 4.50. The number of methoxy groups -OCH3 is 1. The minimum atomic E-state index is -0.443. The van der Waals surface area contributed by atoms with E-state index in [0.29, 0.717) is 46.7 Å². The second kappa shape index (κ2) is 11.1. The lowest BCUT2D eigenvalue weighted by Gasteiger charge is -2.34. The molecule has 0 saturated heterocycles. The normalized spacial score (nSPS) is 12.1. The number of hydrogen-bond donors (Lipinski definition) is 0. The van der Waals surface area contributed by atoms with Crippen LogP contribution in [0.4, 0.5) is 0 Å². The van der Waals surface area contributed by atoms with Gasteiger partial charge in [0.2, 0.25) is 0 Å². The van der Waals surface area contributed by atoms with Crippen LogP contribution in [0.2, 0.25) is 0 Å². The molecule has 3 aromatic carbocycles. The van der Waals surface area contributed by atoms with Gasteiger partial charge in [0.05, 0.1) is 29.7 Å². The van der Waals surface area contributed by atoms with Crippen molar-refractivity contribution in [3.63, 3.8) is 0 Å². The Morgan fingerprint density at radius 1 is 1.06 bits per heavy atom. The second-order valence-corrected chi connectivity index (χ2v) is 10.0. The van der Waals surface area contributed by atoms with E-state index in [1.807, 2.05) is 78.6 Å². The molecule has 4 aromatic rings. The van der Waals surface area contributed by atoms with Crippen molar-refractivity contribution in [3.05, 3.63) is 99.0 Å². The summed E-state index contributed by atoms with van der Waals surface area (Å²) in [6, 6.07) is 21.6. The fourth-order valence-corrected chi connectivity index (χ4v) is 4.89. The molecule has 1 heterocycles. The third-order valence-corrected chi connectivity index (χ3v) is 6.58. The van der Waals surface area contributed by atoms with Crippen molar-refractivity contribution < 1.29 is 9.53 Å². The number of carbonyl (C=O) groups excluding carboxylic acids is 1. The van der Waals surface area contributed by atoms with Gasteiger partial charge >= 0.3 is 0 Å². The zero-order chi connectivity index (χ0) is 25.8.